The predicted molar refractivity (Wildman–Crippen MR) is 55.8 cm³/mol. The van der Waals surface area contributed by atoms with Gasteiger partial charge in [-0.05, 0) is 38.3 Å². The first-order valence-electron chi connectivity index (χ1n) is 5.61. The lowest BCUT2D eigenvalue weighted by Crippen LogP contribution is -2.47. The van der Waals surface area contributed by atoms with Gasteiger partial charge >= 0.3 is 0 Å². The molecule has 0 spiro atoms. The minimum Gasteiger partial charge on any atom is -0.311 e. The lowest BCUT2D eigenvalue weighted by molar-refractivity contribution is 0.173. The summed E-state index contributed by atoms with van der Waals surface area (Å²) >= 11 is 0. The maximum Gasteiger partial charge on any atom is 0.0120 e. The van der Waals surface area contributed by atoms with Gasteiger partial charge in [0.25, 0.3) is 0 Å². The first-order valence-corrected chi connectivity index (χ1v) is 5.61. The normalized spacial score (nSPS) is 46.4. The average Bonchev–Trinajstić information content (AvgIpc) is 2.73. The largest absolute Gasteiger partial charge is 0.311 e. The molecule has 0 bridgehead atoms. The zero-order chi connectivity index (χ0) is 9.42. The van der Waals surface area contributed by atoms with E-state index in [2.05, 4.69) is 31.1 Å². The van der Waals surface area contributed by atoms with E-state index in [4.69, 9.17) is 0 Å². The molecular weight excluding hydrogens is 160 g/mol. The van der Waals surface area contributed by atoms with Gasteiger partial charge in [-0.1, -0.05) is 13.8 Å². The van der Waals surface area contributed by atoms with Crippen LogP contribution in [0.1, 0.15) is 26.7 Å². The number of nitrogens with one attached hydrogen (secondary N) is 1. The lowest BCUT2D eigenvalue weighted by atomic mass is 9.94. The zero-order valence-corrected chi connectivity index (χ0v) is 9.09. The van der Waals surface area contributed by atoms with Crippen molar-refractivity contribution in [3.63, 3.8) is 0 Å². The monoisotopic (exact) mass is 182 g/mol. The first kappa shape index (κ1) is 9.47. The Morgan fingerprint density at radius 3 is 2.38 bits per heavy atom. The number of piperidine rings is 1. The highest BCUT2D eigenvalue weighted by atomic mass is 15.1. The standard InChI is InChI=1S/C11H22N2/c1-8-6-11(8)12-10-4-5-13(3)7-9(10)2/h8-12H,4-7H2,1-3H3/t8-,9?,10?,11-/m1/s1. The van der Waals surface area contributed by atoms with Crippen molar-refractivity contribution in [1.29, 1.82) is 0 Å². The Bertz CT molecular complexity index is 181. The van der Waals surface area contributed by atoms with E-state index in [-0.39, 0.29) is 0 Å². The minimum atomic E-state index is 0.783. The van der Waals surface area contributed by atoms with E-state index in [1.165, 1.54) is 25.9 Å². The lowest BCUT2D eigenvalue weighted by Gasteiger charge is -2.35. The number of hydrogen-bond acceptors (Lipinski definition) is 2. The molecular formula is C11H22N2. The fourth-order valence-corrected chi connectivity index (χ4v) is 2.43. The van der Waals surface area contributed by atoms with Crippen molar-refractivity contribution in [2.45, 2.75) is 38.8 Å². The molecule has 1 aliphatic heterocycles. The second kappa shape index (κ2) is 3.58. The van der Waals surface area contributed by atoms with Gasteiger partial charge in [-0.3, -0.25) is 0 Å². The molecule has 1 aliphatic carbocycles. The van der Waals surface area contributed by atoms with Crippen molar-refractivity contribution in [1.82, 2.24) is 10.2 Å². The van der Waals surface area contributed by atoms with Gasteiger partial charge in [0, 0.05) is 18.6 Å². The molecule has 13 heavy (non-hydrogen) atoms. The summed E-state index contributed by atoms with van der Waals surface area (Å²) in [6.07, 6.45) is 2.74. The highest BCUT2D eigenvalue weighted by molar-refractivity contribution is 4.94. The van der Waals surface area contributed by atoms with Gasteiger partial charge in [0.05, 0.1) is 0 Å². The van der Waals surface area contributed by atoms with Crippen LogP contribution in [0.25, 0.3) is 0 Å². The van der Waals surface area contributed by atoms with Crippen molar-refractivity contribution in [2.75, 3.05) is 20.1 Å². The van der Waals surface area contributed by atoms with E-state index < -0.39 is 0 Å². The smallest absolute Gasteiger partial charge is 0.0120 e. The molecule has 0 aromatic heterocycles. The van der Waals surface area contributed by atoms with Crippen LogP contribution in [0.3, 0.4) is 0 Å². The summed E-state index contributed by atoms with van der Waals surface area (Å²) in [6, 6.07) is 1.63. The van der Waals surface area contributed by atoms with Gasteiger partial charge in [0.1, 0.15) is 0 Å². The summed E-state index contributed by atoms with van der Waals surface area (Å²) in [6.45, 7) is 7.25. The Balaban J connectivity index is 1.78. The summed E-state index contributed by atoms with van der Waals surface area (Å²) in [4.78, 5) is 2.44. The zero-order valence-electron chi connectivity index (χ0n) is 9.09. The highest BCUT2D eigenvalue weighted by Gasteiger charge is 2.36. The third-order valence-electron chi connectivity index (χ3n) is 3.65. The maximum absolute atomic E-state index is 3.79. The Hall–Kier alpha value is -0.0800. The molecule has 0 aromatic carbocycles. The SMILES string of the molecule is CC1CN(C)CCC1N[C@@H]1C[C@H]1C. The maximum atomic E-state index is 3.79. The van der Waals surface area contributed by atoms with Crippen LogP contribution in [-0.4, -0.2) is 37.1 Å². The van der Waals surface area contributed by atoms with Crippen LogP contribution in [0.4, 0.5) is 0 Å². The molecule has 1 saturated carbocycles. The van der Waals surface area contributed by atoms with Crippen LogP contribution in [0.5, 0.6) is 0 Å². The van der Waals surface area contributed by atoms with E-state index in [0.717, 1.165) is 23.9 Å². The second-order valence-electron chi connectivity index (χ2n) is 5.12. The Morgan fingerprint density at radius 2 is 1.85 bits per heavy atom. The van der Waals surface area contributed by atoms with Crippen molar-refractivity contribution < 1.29 is 0 Å². The molecule has 2 nitrogen and oxygen atoms in total. The van der Waals surface area contributed by atoms with Crippen molar-refractivity contribution in [3.8, 4) is 0 Å². The topological polar surface area (TPSA) is 15.3 Å². The summed E-state index contributed by atoms with van der Waals surface area (Å²) < 4.78 is 0. The first-order chi connectivity index (χ1) is 6.16. The minimum absolute atomic E-state index is 0.783. The molecule has 4 atom stereocenters. The van der Waals surface area contributed by atoms with E-state index in [9.17, 15) is 0 Å². The molecule has 2 unspecified atom stereocenters. The third-order valence-corrected chi connectivity index (χ3v) is 3.65. The van der Waals surface area contributed by atoms with Gasteiger partial charge in [-0.15, -0.1) is 0 Å². The van der Waals surface area contributed by atoms with Crippen LogP contribution in [0.15, 0.2) is 0 Å². The number of hydrogen-bond donors (Lipinski definition) is 1. The summed E-state index contributed by atoms with van der Waals surface area (Å²) in [5, 5.41) is 3.79. The van der Waals surface area contributed by atoms with E-state index >= 15 is 0 Å². The average molecular weight is 182 g/mol. The second-order valence-corrected chi connectivity index (χ2v) is 5.12. The third kappa shape index (κ3) is 2.23. The molecule has 2 fully saturated rings. The van der Waals surface area contributed by atoms with E-state index in [0.29, 0.717) is 0 Å². The van der Waals surface area contributed by atoms with Crippen LogP contribution < -0.4 is 5.32 Å². The predicted octanol–water partition coefficient (Wildman–Crippen LogP) is 1.32. The van der Waals surface area contributed by atoms with Crippen LogP contribution in [-0.2, 0) is 0 Å². The fraction of sp³-hybridized carbons (Fsp3) is 1.00. The molecule has 1 heterocycles. The van der Waals surface area contributed by atoms with E-state index in [1.54, 1.807) is 0 Å². The number of nitrogens with zero attached hydrogens (tertiary/aromatic N) is 1. The highest BCUT2D eigenvalue weighted by Crippen LogP contribution is 2.31. The molecule has 2 heteroatoms. The van der Waals surface area contributed by atoms with Crippen molar-refractivity contribution >= 4 is 0 Å². The summed E-state index contributed by atoms with van der Waals surface area (Å²) in [5.74, 6) is 1.76. The van der Waals surface area contributed by atoms with Gasteiger partial charge in [0.15, 0.2) is 0 Å². The quantitative estimate of drug-likeness (QED) is 0.693. The van der Waals surface area contributed by atoms with Gasteiger partial charge < -0.3 is 10.2 Å². The molecule has 0 radical (unpaired) electrons. The summed E-state index contributed by atoms with van der Waals surface area (Å²) in [5.41, 5.74) is 0. The molecule has 1 N–H and O–H groups in total. The molecule has 76 valence electrons. The molecule has 2 aliphatic rings. The molecule has 2 rings (SSSR count). The Labute approximate surface area is 81.7 Å². The molecule has 1 saturated heterocycles. The molecule has 0 aromatic rings. The van der Waals surface area contributed by atoms with Crippen LogP contribution in [0.2, 0.25) is 0 Å². The van der Waals surface area contributed by atoms with Gasteiger partial charge in [0.2, 0.25) is 0 Å². The number of likely N-dealkylation sites (tertiary alicyclic amines) is 1. The van der Waals surface area contributed by atoms with Crippen molar-refractivity contribution in [2.24, 2.45) is 11.8 Å². The molecule has 0 amide bonds. The number of rotatable bonds is 2. The Morgan fingerprint density at radius 1 is 1.15 bits per heavy atom. The Kier molecular flexibility index (Phi) is 2.61. The van der Waals surface area contributed by atoms with Crippen molar-refractivity contribution in [3.05, 3.63) is 0 Å². The fourth-order valence-electron chi connectivity index (χ4n) is 2.43. The van der Waals surface area contributed by atoms with Gasteiger partial charge in [-0.2, -0.15) is 0 Å². The van der Waals surface area contributed by atoms with E-state index in [1.807, 2.05) is 0 Å². The van der Waals surface area contributed by atoms with Crippen LogP contribution >= 0.6 is 0 Å². The van der Waals surface area contributed by atoms with Gasteiger partial charge in [-0.25, -0.2) is 0 Å². The van der Waals surface area contributed by atoms with Crippen LogP contribution in [0, 0.1) is 11.8 Å². The summed E-state index contributed by atoms with van der Waals surface area (Å²) in [7, 11) is 2.23.